The van der Waals surface area contributed by atoms with Crippen molar-refractivity contribution in [2.45, 2.75) is 12.6 Å². The Hall–Kier alpha value is -2.23. The predicted molar refractivity (Wildman–Crippen MR) is 66.2 cm³/mol. The minimum absolute atomic E-state index is 0.194. The second-order valence-electron chi connectivity index (χ2n) is 4.21. The van der Waals surface area contributed by atoms with Gasteiger partial charge in [-0.15, -0.1) is 0 Å². The Morgan fingerprint density at radius 1 is 1.28 bits per heavy atom. The van der Waals surface area contributed by atoms with Crippen LogP contribution in [0.1, 0.15) is 5.56 Å². The van der Waals surface area contributed by atoms with Crippen LogP contribution in [0.3, 0.4) is 0 Å². The highest BCUT2D eigenvalue weighted by Crippen LogP contribution is 2.33. The molecule has 4 nitrogen and oxygen atoms in total. The number of aldehydes is 1. The van der Waals surface area contributed by atoms with Crippen LogP contribution < -0.4 is 9.47 Å². The molecule has 1 aromatic rings. The van der Waals surface area contributed by atoms with Crippen LogP contribution in [0.2, 0.25) is 0 Å². The molecule has 0 amide bonds. The van der Waals surface area contributed by atoms with Crippen LogP contribution in [-0.4, -0.2) is 24.0 Å². The maximum atomic E-state index is 11.0. The van der Waals surface area contributed by atoms with Crippen molar-refractivity contribution in [2.75, 3.05) is 6.79 Å². The molecule has 92 valence electrons. The van der Waals surface area contributed by atoms with E-state index >= 15 is 0 Å². The maximum Gasteiger partial charge on any atom is 0.231 e. The summed E-state index contributed by atoms with van der Waals surface area (Å²) in [6.07, 6.45) is 8.54. The summed E-state index contributed by atoms with van der Waals surface area (Å²) in [5.74, 6) is 1.55. The zero-order chi connectivity index (χ0) is 12.4. The fraction of sp³-hybridized carbons (Fsp3) is 0.214. The second kappa shape index (κ2) is 4.56. The summed E-state index contributed by atoms with van der Waals surface area (Å²) < 4.78 is 10.6. The lowest BCUT2D eigenvalue weighted by molar-refractivity contribution is -0.110. The zero-order valence-corrected chi connectivity index (χ0v) is 9.78. The highest BCUT2D eigenvalue weighted by Gasteiger charge is 2.17. The average Bonchev–Trinajstić information content (AvgIpc) is 2.87. The second-order valence-corrected chi connectivity index (χ2v) is 4.21. The number of hydrogen-bond donors (Lipinski definition) is 0. The van der Waals surface area contributed by atoms with Gasteiger partial charge in [-0.3, -0.25) is 0 Å². The molecule has 0 aliphatic carbocycles. The summed E-state index contributed by atoms with van der Waals surface area (Å²) in [5.41, 5.74) is 1.09. The molecule has 0 spiro atoms. The number of rotatable bonds is 3. The molecule has 2 aliphatic heterocycles. The minimum atomic E-state index is -0.194. The third-order valence-electron chi connectivity index (χ3n) is 3.02. The van der Waals surface area contributed by atoms with Gasteiger partial charge in [-0.1, -0.05) is 18.2 Å². The number of benzene rings is 1. The fourth-order valence-corrected chi connectivity index (χ4v) is 2.08. The number of fused-ring (bicyclic) bond motifs is 1. The van der Waals surface area contributed by atoms with E-state index in [2.05, 4.69) is 0 Å². The van der Waals surface area contributed by atoms with Crippen LogP contribution in [-0.2, 0) is 11.3 Å². The van der Waals surface area contributed by atoms with Gasteiger partial charge in [-0.2, -0.15) is 0 Å². The van der Waals surface area contributed by atoms with E-state index in [0.29, 0.717) is 6.54 Å². The first-order valence-electron chi connectivity index (χ1n) is 5.81. The SMILES string of the molecule is O=CC1C=CC=CN1Cc1ccc2c(c1)OCO2. The van der Waals surface area contributed by atoms with Gasteiger partial charge in [0.05, 0.1) is 0 Å². The average molecular weight is 243 g/mol. The van der Waals surface area contributed by atoms with Crippen molar-refractivity contribution < 1.29 is 14.3 Å². The van der Waals surface area contributed by atoms with E-state index in [-0.39, 0.29) is 12.8 Å². The number of carbonyl (C=O) groups excluding carboxylic acids is 1. The summed E-state index contributed by atoms with van der Waals surface area (Å²) in [6, 6.07) is 5.65. The molecule has 2 aliphatic rings. The Balaban J connectivity index is 1.78. The van der Waals surface area contributed by atoms with Crippen molar-refractivity contribution in [3.8, 4) is 11.5 Å². The zero-order valence-electron chi connectivity index (χ0n) is 9.78. The van der Waals surface area contributed by atoms with Crippen molar-refractivity contribution >= 4 is 6.29 Å². The molecular formula is C14H13NO3. The van der Waals surface area contributed by atoms with Gasteiger partial charge < -0.3 is 19.2 Å². The lowest BCUT2D eigenvalue weighted by atomic mass is 10.1. The van der Waals surface area contributed by atoms with E-state index in [9.17, 15) is 4.79 Å². The standard InChI is InChI=1S/C14H13NO3/c16-9-12-3-1-2-6-15(12)8-11-4-5-13-14(7-11)18-10-17-13/h1-7,9,12H,8,10H2. The van der Waals surface area contributed by atoms with Crippen LogP contribution >= 0.6 is 0 Å². The van der Waals surface area contributed by atoms with Crippen LogP contribution in [0.25, 0.3) is 0 Å². The first-order chi connectivity index (χ1) is 8.86. The Labute approximate surface area is 105 Å². The topological polar surface area (TPSA) is 38.8 Å². The largest absolute Gasteiger partial charge is 0.454 e. The van der Waals surface area contributed by atoms with Gasteiger partial charge in [0.1, 0.15) is 12.3 Å². The number of allylic oxidation sites excluding steroid dienone is 2. The molecule has 4 heteroatoms. The lowest BCUT2D eigenvalue weighted by Gasteiger charge is -2.26. The molecule has 0 fully saturated rings. The van der Waals surface area contributed by atoms with Crippen LogP contribution in [0.5, 0.6) is 11.5 Å². The predicted octanol–water partition coefficient (Wildman–Crippen LogP) is 1.87. The summed E-state index contributed by atoms with van der Waals surface area (Å²) in [5, 5.41) is 0. The molecule has 3 rings (SSSR count). The minimum Gasteiger partial charge on any atom is -0.454 e. The summed E-state index contributed by atoms with van der Waals surface area (Å²) in [7, 11) is 0. The first kappa shape index (κ1) is 10.9. The molecule has 0 saturated heterocycles. The van der Waals surface area contributed by atoms with Crippen molar-refractivity contribution in [3.05, 3.63) is 48.2 Å². The molecular weight excluding hydrogens is 230 g/mol. The number of nitrogens with zero attached hydrogens (tertiary/aromatic N) is 1. The van der Waals surface area contributed by atoms with Crippen molar-refractivity contribution in [2.24, 2.45) is 0 Å². The Morgan fingerprint density at radius 3 is 3.06 bits per heavy atom. The van der Waals surface area contributed by atoms with Crippen molar-refractivity contribution in [1.29, 1.82) is 0 Å². The Morgan fingerprint density at radius 2 is 2.17 bits per heavy atom. The Bertz CT molecular complexity index is 522. The normalized spacial score (nSPS) is 20.2. The smallest absolute Gasteiger partial charge is 0.231 e. The van der Waals surface area contributed by atoms with E-state index in [1.165, 1.54) is 0 Å². The van der Waals surface area contributed by atoms with Crippen LogP contribution in [0, 0.1) is 0 Å². The Kier molecular flexibility index (Phi) is 2.76. The maximum absolute atomic E-state index is 11.0. The highest BCUT2D eigenvalue weighted by molar-refractivity contribution is 5.62. The van der Waals surface area contributed by atoms with Crippen molar-refractivity contribution in [1.82, 2.24) is 4.90 Å². The van der Waals surface area contributed by atoms with Gasteiger partial charge in [-0.25, -0.2) is 0 Å². The molecule has 1 aromatic carbocycles. The van der Waals surface area contributed by atoms with Gasteiger partial charge >= 0.3 is 0 Å². The first-order valence-corrected chi connectivity index (χ1v) is 5.81. The van der Waals surface area contributed by atoms with Gasteiger partial charge in [-0.05, 0) is 23.8 Å². The number of ether oxygens (including phenoxy) is 2. The molecule has 2 heterocycles. The molecule has 0 bridgehead atoms. The molecule has 0 N–H and O–H groups in total. The number of hydrogen-bond acceptors (Lipinski definition) is 4. The molecule has 0 radical (unpaired) electrons. The van der Waals surface area contributed by atoms with E-state index in [0.717, 1.165) is 23.3 Å². The fourth-order valence-electron chi connectivity index (χ4n) is 2.08. The van der Waals surface area contributed by atoms with E-state index in [1.54, 1.807) is 0 Å². The number of carbonyl (C=O) groups is 1. The van der Waals surface area contributed by atoms with E-state index in [4.69, 9.17) is 9.47 Å². The van der Waals surface area contributed by atoms with Crippen molar-refractivity contribution in [3.63, 3.8) is 0 Å². The quantitative estimate of drug-likeness (QED) is 0.760. The summed E-state index contributed by atoms with van der Waals surface area (Å²) in [4.78, 5) is 13.0. The van der Waals surface area contributed by atoms with Crippen LogP contribution in [0.4, 0.5) is 0 Å². The third kappa shape index (κ3) is 1.97. The lowest BCUT2D eigenvalue weighted by Crippen LogP contribution is -2.31. The van der Waals surface area contributed by atoms with Crippen LogP contribution in [0.15, 0.2) is 42.6 Å². The molecule has 0 saturated carbocycles. The summed E-state index contributed by atoms with van der Waals surface area (Å²) in [6.45, 7) is 0.947. The monoisotopic (exact) mass is 243 g/mol. The summed E-state index contributed by atoms with van der Waals surface area (Å²) >= 11 is 0. The third-order valence-corrected chi connectivity index (χ3v) is 3.02. The van der Waals surface area contributed by atoms with Gasteiger partial charge in [0, 0.05) is 12.7 Å². The molecule has 1 atom stereocenters. The molecule has 1 unspecified atom stereocenters. The van der Waals surface area contributed by atoms with E-state index < -0.39 is 0 Å². The molecule has 0 aromatic heterocycles. The van der Waals surface area contributed by atoms with Gasteiger partial charge in [0.15, 0.2) is 11.5 Å². The highest BCUT2D eigenvalue weighted by atomic mass is 16.7. The van der Waals surface area contributed by atoms with Gasteiger partial charge in [0.2, 0.25) is 6.79 Å². The van der Waals surface area contributed by atoms with Gasteiger partial charge in [0.25, 0.3) is 0 Å². The molecule has 18 heavy (non-hydrogen) atoms. The van der Waals surface area contributed by atoms with E-state index in [1.807, 2.05) is 47.5 Å².